The van der Waals surface area contributed by atoms with E-state index in [1.165, 1.54) is 38.5 Å². The molecule has 0 radical (unpaired) electrons. The van der Waals surface area contributed by atoms with Gasteiger partial charge in [0.15, 0.2) is 0 Å². The maximum atomic E-state index is 4.13. The number of hydrogen-bond donors (Lipinski definition) is 0. The minimum atomic E-state index is 0.929. The molecule has 5 aromatic rings. The molecule has 4 aromatic carbocycles. The molecule has 0 aliphatic rings. The summed E-state index contributed by atoms with van der Waals surface area (Å²) in [5.41, 5.74) is 9.27. The molecule has 1 heteroatoms. The first kappa shape index (κ1) is 18.2. The lowest BCUT2D eigenvalue weighted by Crippen LogP contribution is -1.95. The summed E-state index contributed by atoms with van der Waals surface area (Å²) in [5.74, 6) is 0. The Morgan fingerprint density at radius 3 is 2.37 bits per heavy atom. The second-order valence-corrected chi connectivity index (χ2v) is 7.73. The summed E-state index contributed by atoms with van der Waals surface area (Å²) in [7, 11) is 0. The highest BCUT2D eigenvalue weighted by Crippen LogP contribution is 2.35. The van der Waals surface area contributed by atoms with Gasteiger partial charge in [0.1, 0.15) is 0 Å². The fourth-order valence-corrected chi connectivity index (χ4v) is 4.19. The normalized spacial score (nSPS) is 11.1. The van der Waals surface area contributed by atoms with E-state index in [1.54, 1.807) is 0 Å². The number of aromatic nitrogens is 1. The third-order valence-electron chi connectivity index (χ3n) is 5.75. The van der Waals surface area contributed by atoms with Crippen LogP contribution < -0.4 is 0 Å². The fraction of sp³-hybridized carbons (Fsp3) is 0.0345. The molecule has 0 aliphatic heterocycles. The Kier molecular flexibility index (Phi) is 4.37. The number of benzene rings is 4. The van der Waals surface area contributed by atoms with E-state index in [1.807, 2.05) is 6.08 Å². The molecule has 0 atom stereocenters. The number of allylic oxidation sites excluding steroid dienone is 2. The Bertz CT molecular complexity index is 1420. The van der Waals surface area contributed by atoms with E-state index in [0.717, 1.165) is 16.8 Å². The molecular weight excluding hydrogens is 362 g/mol. The van der Waals surface area contributed by atoms with E-state index in [0.29, 0.717) is 0 Å². The third kappa shape index (κ3) is 2.96. The highest BCUT2D eigenvalue weighted by Gasteiger charge is 2.14. The Labute approximate surface area is 177 Å². The summed E-state index contributed by atoms with van der Waals surface area (Å²) in [4.78, 5) is 0. The Hall–Kier alpha value is -3.84. The van der Waals surface area contributed by atoms with Crippen molar-refractivity contribution >= 4 is 27.4 Å². The van der Waals surface area contributed by atoms with Gasteiger partial charge in [0.2, 0.25) is 0 Å². The van der Waals surface area contributed by atoms with Crippen LogP contribution in [0.5, 0.6) is 0 Å². The van der Waals surface area contributed by atoms with Gasteiger partial charge in [-0.1, -0.05) is 85.5 Å². The maximum Gasteiger partial charge on any atom is 0.0547 e. The van der Waals surface area contributed by atoms with E-state index in [9.17, 15) is 0 Å². The molecule has 0 amide bonds. The van der Waals surface area contributed by atoms with Crippen LogP contribution in [0.2, 0.25) is 0 Å². The van der Waals surface area contributed by atoms with Crippen LogP contribution in [-0.4, -0.2) is 4.57 Å². The largest absolute Gasteiger partial charge is 0.309 e. The highest BCUT2D eigenvalue weighted by molar-refractivity contribution is 6.10. The average Bonchev–Trinajstić information content (AvgIpc) is 3.12. The summed E-state index contributed by atoms with van der Waals surface area (Å²) >= 11 is 0. The molecule has 0 saturated heterocycles. The number of fused-ring (bicyclic) bond motifs is 3. The summed E-state index contributed by atoms with van der Waals surface area (Å²) in [5, 5.41) is 2.54. The lowest BCUT2D eigenvalue weighted by molar-refractivity contribution is 1.18. The smallest absolute Gasteiger partial charge is 0.0547 e. The minimum absolute atomic E-state index is 0.929. The van der Waals surface area contributed by atoms with Crippen LogP contribution in [0.1, 0.15) is 11.1 Å². The fourth-order valence-electron chi connectivity index (χ4n) is 4.19. The van der Waals surface area contributed by atoms with Crippen molar-refractivity contribution in [1.82, 2.24) is 4.57 Å². The first-order chi connectivity index (χ1) is 14.7. The van der Waals surface area contributed by atoms with Crippen LogP contribution in [0.3, 0.4) is 0 Å². The molecule has 1 aromatic heterocycles. The molecule has 5 rings (SSSR count). The molecule has 0 bridgehead atoms. The van der Waals surface area contributed by atoms with E-state index in [-0.39, 0.29) is 0 Å². The lowest BCUT2D eigenvalue weighted by atomic mass is 10.0. The van der Waals surface area contributed by atoms with Crippen molar-refractivity contribution in [3.8, 4) is 16.8 Å². The van der Waals surface area contributed by atoms with Gasteiger partial charge in [0.25, 0.3) is 0 Å². The molecule has 0 N–H and O–H groups in total. The summed E-state index contributed by atoms with van der Waals surface area (Å²) in [6, 6.07) is 32.5. The zero-order valence-corrected chi connectivity index (χ0v) is 17.1. The molecule has 0 aliphatic carbocycles. The van der Waals surface area contributed by atoms with E-state index >= 15 is 0 Å². The van der Waals surface area contributed by atoms with Gasteiger partial charge in [-0.15, -0.1) is 0 Å². The van der Waals surface area contributed by atoms with Crippen molar-refractivity contribution in [2.24, 2.45) is 0 Å². The Morgan fingerprint density at radius 2 is 1.57 bits per heavy atom. The average molecular weight is 386 g/mol. The van der Waals surface area contributed by atoms with Crippen LogP contribution in [0.15, 0.2) is 110 Å². The summed E-state index contributed by atoms with van der Waals surface area (Å²) in [6.45, 7) is 10.2. The van der Waals surface area contributed by atoms with Gasteiger partial charge in [-0.3, -0.25) is 0 Å². The molecule has 0 spiro atoms. The molecule has 30 heavy (non-hydrogen) atoms. The topological polar surface area (TPSA) is 4.93 Å². The molecule has 0 unspecified atom stereocenters. The van der Waals surface area contributed by atoms with Crippen LogP contribution in [-0.2, 0) is 0 Å². The molecule has 0 fully saturated rings. The number of hydrogen-bond acceptors (Lipinski definition) is 0. The summed E-state index contributed by atoms with van der Waals surface area (Å²) in [6.07, 6.45) is 1.81. The van der Waals surface area contributed by atoms with Crippen LogP contribution in [0.4, 0.5) is 0 Å². The van der Waals surface area contributed by atoms with E-state index < -0.39 is 0 Å². The molecule has 1 heterocycles. The SMILES string of the molecule is C=CC(=C)c1cccc(-n2c3ccc(C)cc3c3ccc(-c4ccccc4)cc32)c1. The quantitative estimate of drug-likeness (QED) is 0.277. The second-order valence-electron chi connectivity index (χ2n) is 7.73. The lowest BCUT2D eigenvalue weighted by Gasteiger charge is -2.11. The monoisotopic (exact) mass is 385 g/mol. The van der Waals surface area contributed by atoms with Gasteiger partial charge in [-0.25, -0.2) is 0 Å². The third-order valence-corrected chi connectivity index (χ3v) is 5.75. The first-order valence-corrected chi connectivity index (χ1v) is 10.2. The highest BCUT2D eigenvalue weighted by atomic mass is 15.0. The van der Waals surface area contributed by atoms with Crippen molar-refractivity contribution in [3.63, 3.8) is 0 Å². The molecule has 0 saturated carbocycles. The molecule has 1 nitrogen and oxygen atoms in total. The predicted octanol–water partition coefficient (Wildman–Crippen LogP) is 7.96. The van der Waals surface area contributed by atoms with Crippen LogP contribution in [0, 0.1) is 6.92 Å². The van der Waals surface area contributed by atoms with Gasteiger partial charge in [-0.05, 0) is 59.5 Å². The maximum absolute atomic E-state index is 4.13. The number of rotatable bonds is 4. The first-order valence-electron chi connectivity index (χ1n) is 10.2. The van der Waals surface area contributed by atoms with Gasteiger partial charge >= 0.3 is 0 Å². The molecule has 144 valence electrons. The van der Waals surface area contributed by atoms with Gasteiger partial charge in [0, 0.05) is 16.5 Å². The van der Waals surface area contributed by atoms with E-state index in [4.69, 9.17) is 0 Å². The van der Waals surface area contributed by atoms with Crippen molar-refractivity contribution in [2.45, 2.75) is 6.92 Å². The number of aryl methyl sites for hydroxylation is 1. The predicted molar refractivity (Wildman–Crippen MR) is 130 cm³/mol. The van der Waals surface area contributed by atoms with Crippen molar-refractivity contribution in [2.75, 3.05) is 0 Å². The van der Waals surface area contributed by atoms with Crippen LogP contribution in [0.25, 0.3) is 44.2 Å². The number of nitrogens with zero attached hydrogens (tertiary/aromatic N) is 1. The summed E-state index contributed by atoms with van der Waals surface area (Å²) < 4.78 is 2.36. The zero-order chi connectivity index (χ0) is 20.7. The molecular formula is C29H23N. The Morgan fingerprint density at radius 1 is 0.733 bits per heavy atom. The van der Waals surface area contributed by atoms with Gasteiger partial charge in [-0.2, -0.15) is 0 Å². The van der Waals surface area contributed by atoms with Crippen molar-refractivity contribution < 1.29 is 0 Å². The zero-order valence-electron chi connectivity index (χ0n) is 17.1. The van der Waals surface area contributed by atoms with Gasteiger partial charge < -0.3 is 4.57 Å². The van der Waals surface area contributed by atoms with Crippen LogP contribution >= 0.6 is 0 Å². The second kappa shape index (κ2) is 7.20. The standard InChI is InChI=1S/C29H23N/c1-4-21(3)23-11-8-12-25(18-23)30-28-16-13-20(2)17-27(28)26-15-14-24(19-29(26)30)22-9-6-5-7-10-22/h4-19H,1,3H2,2H3. The van der Waals surface area contributed by atoms with Gasteiger partial charge in [0.05, 0.1) is 11.0 Å². The minimum Gasteiger partial charge on any atom is -0.309 e. The van der Waals surface area contributed by atoms with Crippen molar-refractivity contribution in [3.05, 3.63) is 121 Å². The van der Waals surface area contributed by atoms with E-state index in [2.05, 4.69) is 116 Å². The van der Waals surface area contributed by atoms with Crippen molar-refractivity contribution in [1.29, 1.82) is 0 Å². The Balaban J connectivity index is 1.85.